The Kier molecular flexibility index (Phi) is 5.30. The molecule has 1 fully saturated rings. The quantitative estimate of drug-likeness (QED) is 0.609. The van der Waals surface area contributed by atoms with Gasteiger partial charge in [0.05, 0.1) is 22.8 Å². The van der Waals surface area contributed by atoms with Gasteiger partial charge in [-0.15, -0.1) is 0 Å². The summed E-state index contributed by atoms with van der Waals surface area (Å²) in [5, 5.41) is 14.5. The zero-order valence-corrected chi connectivity index (χ0v) is 15.7. The molecule has 1 atom stereocenters. The van der Waals surface area contributed by atoms with Crippen LogP contribution in [0, 0.1) is 24.0 Å². The molecule has 0 spiro atoms. The third-order valence-electron chi connectivity index (χ3n) is 4.67. The first-order chi connectivity index (χ1) is 12.8. The standard InChI is InChI=1S/C20H23N3O4/c1-13-4-5-16(14(2)10-13)11-15(3)21-18-7-6-17(23(25)26)12-19(18)22-8-9-27-20(22)24/h4-7,10,12,15,21H,8-9,11H2,1-3H3. The topological polar surface area (TPSA) is 84.7 Å². The van der Waals surface area contributed by atoms with Gasteiger partial charge in [-0.05, 0) is 44.4 Å². The monoisotopic (exact) mass is 369 g/mol. The maximum Gasteiger partial charge on any atom is 0.414 e. The molecular weight excluding hydrogens is 346 g/mol. The Balaban J connectivity index is 1.84. The Hall–Kier alpha value is -3.09. The fraction of sp³-hybridized carbons (Fsp3) is 0.350. The summed E-state index contributed by atoms with van der Waals surface area (Å²) in [6, 6.07) is 10.9. The highest BCUT2D eigenvalue weighted by Gasteiger charge is 2.27. The zero-order chi connectivity index (χ0) is 19.6. The van der Waals surface area contributed by atoms with E-state index in [0.29, 0.717) is 17.9 Å². The van der Waals surface area contributed by atoms with Gasteiger partial charge in [0.15, 0.2) is 0 Å². The van der Waals surface area contributed by atoms with Crippen LogP contribution in [0.5, 0.6) is 0 Å². The van der Waals surface area contributed by atoms with Gasteiger partial charge in [0.2, 0.25) is 0 Å². The Morgan fingerprint density at radius 3 is 2.67 bits per heavy atom. The molecule has 7 nitrogen and oxygen atoms in total. The number of nitrogens with zero attached hydrogens (tertiary/aromatic N) is 2. The lowest BCUT2D eigenvalue weighted by Crippen LogP contribution is -2.26. The minimum atomic E-state index is -0.486. The number of amides is 1. The molecule has 1 N–H and O–H groups in total. The Bertz CT molecular complexity index is 882. The first kappa shape index (κ1) is 18.7. The summed E-state index contributed by atoms with van der Waals surface area (Å²) in [6.07, 6.45) is 0.313. The van der Waals surface area contributed by atoms with Crippen LogP contribution in [0.25, 0.3) is 0 Å². The molecule has 142 valence electrons. The fourth-order valence-corrected chi connectivity index (χ4v) is 3.31. The van der Waals surface area contributed by atoms with E-state index in [0.717, 1.165) is 6.42 Å². The number of nitro groups is 1. The zero-order valence-electron chi connectivity index (χ0n) is 15.7. The van der Waals surface area contributed by atoms with Gasteiger partial charge in [0.1, 0.15) is 6.61 Å². The van der Waals surface area contributed by atoms with Gasteiger partial charge >= 0.3 is 6.09 Å². The minimum Gasteiger partial charge on any atom is -0.447 e. The van der Waals surface area contributed by atoms with Crippen LogP contribution in [-0.2, 0) is 11.2 Å². The number of carbonyl (C=O) groups excluding carboxylic acids is 1. The first-order valence-electron chi connectivity index (χ1n) is 8.90. The first-order valence-corrected chi connectivity index (χ1v) is 8.90. The van der Waals surface area contributed by atoms with Crippen LogP contribution >= 0.6 is 0 Å². The number of carbonyl (C=O) groups is 1. The van der Waals surface area contributed by atoms with Crippen LogP contribution in [0.1, 0.15) is 23.6 Å². The second-order valence-electron chi connectivity index (χ2n) is 6.90. The second kappa shape index (κ2) is 7.65. The molecule has 0 radical (unpaired) electrons. The molecule has 7 heteroatoms. The summed E-state index contributed by atoms with van der Waals surface area (Å²) < 4.78 is 4.99. The molecule has 1 amide bonds. The summed E-state index contributed by atoms with van der Waals surface area (Å²) in [6.45, 7) is 6.86. The molecule has 1 aliphatic heterocycles. The smallest absolute Gasteiger partial charge is 0.414 e. The molecular formula is C20H23N3O4. The van der Waals surface area contributed by atoms with E-state index in [4.69, 9.17) is 4.74 Å². The minimum absolute atomic E-state index is 0.0581. The maximum atomic E-state index is 12.0. The molecule has 0 aliphatic carbocycles. The van der Waals surface area contributed by atoms with Gasteiger partial charge in [-0.25, -0.2) is 4.79 Å². The third-order valence-corrected chi connectivity index (χ3v) is 4.67. The number of non-ortho nitro benzene ring substituents is 1. The second-order valence-corrected chi connectivity index (χ2v) is 6.90. The molecule has 0 aromatic heterocycles. The lowest BCUT2D eigenvalue weighted by atomic mass is 9.99. The van der Waals surface area contributed by atoms with Gasteiger partial charge in [-0.3, -0.25) is 15.0 Å². The van der Waals surface area contributed by atoms with Crippen molar-refractivity contribution in [3.63, 3.8) is 0 Å². The predicted octanol–water partition coefficient (Wildman–Crippen LogP) is 4.21. The third kappa shape index (κ3) is 4.19. The molecule has 2 aromatic rings. The molecule has 2 aromatic carbocycles. The Morgan fingerprint density at radius 2 is 2.04 bits per heavy atom. The largest absolute Gasteiger partial charge is 0.447 e. The van der Waals surface area contributed by atoms with Crippen molar-refractivity contribution in [2.45, 2.75) is 33.2 Å². The van der Waals surface area contributed by atoms with Crippen molar-refractivity contribution < 1.29 is 14.5 Å². The van der Waals surface area contributed by atoms with Crippen molar-refractivity contribution in [2.24, 2.45) is 0 Å². The number of hydrogen-bond donors (Lipinski definition) is 1. The highest BCUT2D eigenvalue weighted by molar-refractivity contribution is 5.94. The van der Waals surface area contributed by atoms with Crippen molar-refractivity contribution in [3.05, 3.63) is 63.2 Å². The van der Waals surface area contributed by atoms with E-state index in [1.54, 1.807) is 6.07 Å². The SMILES string of the molecule is Cc1ccc(CC(C)Nc2ccc([N+](=O)[O-])cc2N2CCOC2=O)c(C)c1. The summed E-state index contributed by atoms with van der Waals surface area (Å²) in [5.74, 6) is 0. The van der Waals surface area contributed by atoms with E-state index in [1.165, 1.54) is 33.7 Å². The number of rotatable bonds is 6. The molecule has 0 saturated carbocycles. The van der Waals surface area contributed by atoms with Crippen LogP contribution in [0.2, 0.25) is 0 Å². The van der Waals surface area contributed by atoms with E-state index >= 15 is 0 Å². The molecule has 3 rings (SSSR count). The summed E-state index contributed by atoms with van der Waals surface area (Å²) in [7, 11) is 0. The predicted molar refractivity (Wildman–Crippen MR) is 104 cm³/mol. The van der Waals surface area contributed by atoms with E-state index in [-0.39, 0.29) is 18.3 Å². The molecule has 1 unspecified atom stereocenters. The molecule has 1 aliphatic rings. The van der Waals surface area contributed by atoms with Crippen LogP contribution in [0.15, 0.2) is 36.4 Å². The molecule has 0 bridgehead atoms. The molecule has 1 heterocycles. The van der Waals surface area contributed by atoms with Crippen LogP contribution in [0.3, 0.4) is 0 Å². The van der Waals surface area contributed by atoms with E-state index < -0.39 is 11.0 Å². The van der Waals surface area contributed by atoms with E-state index in [1.807, 2.05) is 6.92 Å². The fourth-order valence-electron chi connectivity index (χ4n) is 3.31. The van der Waals surface area contributed by atoms with E-state index in [9.17, 15) is 14.9 Å². The average molecular weight is 369 g/mol. The number of nitrogens with one attached hydrogen (secondary N) is 1. The summed E-state index contributed by atoms with van der Waals surface area (Å²) in [4.78, 5) is 24.1. The normalized spacial score (nSPS) is 14.8. The van der Waals surface area contributed by atoms with Gasteiger partial charge in [-0.1, -0.05) is 23.8 Å². The lowest BCUT2D eigenvalue weighted by molar-refractivity contribution is -0.384. The number of cyclic esters (lactones) is 1. The van der Waals surface area contributed by atoms with Crippen LogP contribution < -0.4 is 10.2 Å². The highest BCUT2D eigenvalue weighted by Crippen LogP contribution is 2.33. The summed E-state index contributed by atoms with van der Waals surface area (Å²) in [5.41, 5.74) is 4.79. The van der Waals surface area contributed by atoms with Crippen molar-refractivity contribution >= 4 is 23.2 Å². The number of hydrogen-bond acceptors (Lipinski definition) is 5. The van der Waals surface area contributed by atoms with Gasteiger partial charge in [0.25, 0.3) is 5.69 Å². The Morgan fingerprint density at radius 1 is 1.26 bits per heavy atom. The number of aryl methyl sites for hydroxylation is 2. The van der Waals surface area contributed by atoms with E-state index in [2.05, 4.69) is 37.4 Å². The molecule has 1 saturated heterocycles. The van der Waals surface area contributed by atoms with Crippen molar-refractivity contribution in [2.75, 3.05) is 23.4 Å². The lowest BCUT2D eigenvalue weighted by Gasteiger charge is -2.22. The number of benzene rings is 2. The van der Waals surface area contributed by atoms with Gasteiger partial charge in [-0.2, -0.15) is 0 Å². The van der Waals surface area contributed by atoms with Crippen molar-refractivity contribution in [1.29, 1.82) is 0 Å². The highest BCUT2D eigenvalue weighted by atomic mass is 16.6. The van der Waals surface area contributed by atoms with Gasteiger partial charge < -0.3 is 10.1 Å². The summed E-state index contributed by atoms with van der Waals surface area (Å²) >= 11 is 0. The van der Waals surface area contributed by atoms with Crippen molar-refractivity contribution in [1.82, 2.24) is 0 Å². The van der Waals surface area contributed by atoms with Gasteiger partial charge in [0, 0.05) is 18.2 Å². The van der Waals surface area contributed by atoms with Crippen molar-refractivity contribution in [3.8, 4) is 0 Å². The maximum absolute atomic E-state index is 12.0. The number of ether oxygens (including phenoxy) is 1. The van der Waals surface area contributed by atoms with Crippen LogP contribution in [0.4, 0.5) is 21.9 Å². The number of nitro benzene ring substituents is 1. The number of anilines is 2. The molecule has 27 heavy (non-hydrogen) atoms. The Labute approximate surface area is 158 Å². The van der Waals surface area contributed by atoms with Crippen LogP contribution in [-0.4, -0.2) is 30.2 Å². The average Bonchev–Trinajstić information content (AvgIpc) is 3.03.